The first-order valence-electron chi connectivity index (χ1n) is 3.33. The van der Waals surface area contributed by atoms with Crippen molar-refractivity contribution in [1.29, 1.82) is 0 Å². The normalized spacial score (nSPS) is 17.7. The van der Waals surface area contributed by atoms with E-state index in [-0.39, 0.29) is 0 Å². The number of hydrogen-bond acceptors (Lipinski definition) is 3. The Balaban J connectivity index is 2.95. The average Bonchev–Trinajstić information content (AvgIpc) is 2.04. The SMILES string of the molecule is O[PH](=S)OP(O)(=S)c1ccccc1. The summed E-state index contributed by atoms with van der Waals surface area (Å²) in [5, 5.41) is 0.506. The highest BCUT2D eigenvalue weighted by Gasteiger charge is 2.17. The lowest BCUT2D eigenvalue weighted by Crippen LogP contribution is -2.02. The Kier molecular flexibility index (Phi) is 4.20. The summed E-state index contributed by atoms with van der Waals surface area (Å²) in [4.78, 5) is 18.5. The van der Waals surface area contributed by atoms with Crippen LogP contribution in [-0.4, -0.2) is 9.79 Å². The van der Waals surface area contributed by atoms with Gasteiger partial charge in [-0.3, -0.25) is 4.31 Å². The largest absolute Gasteiger partial charge is 0.347 e. The Labute approximate surface area is 87.1 Å². The molecule has 13 heavy (non-hydrogen) atoms. The van der Waals surface area contributed by atoms with Crippen LogP contribution in [0.2, 0.25) is 0 Å². The third-order valence-corrected chi connectivity index (χ3v) is 5.82. The molecule has 1 rings (SSSR count). The summed E-state index contributed by atoms with van der Waals surface area (Å²) < 4.78 is 4.78. The number of benzene rings is 1. The van der Waals surface area contributed by atoms with Gasteiger partial charge in [0.05, 0.1) is 0 Å². The van der Waals surface area contributed by atoms with Gasteiger partial charge >= 0.3 is 0 Å². The summed E-state index contributed by atoms with van der Waals surface area (Å²) in [6, 6.07) is 8.59. The van der Waals surface area contributed by atoms with Crippen LogP contribution in [0.25, 0.3) is 0 Å². The van der Waals surface area contributed by atoms with Crippen molar-refractivity contribution in [3.05, 3.63) is 30.3 Å². The Morgan fingerprint density at radius 2 is 1.85 bits per heavy atom. The van der Waals surface area contributed by atoms with Gasteiger partial charge in [-0.1, -0.05) is 18.2 Å². The minimum atomic E-state index is -3.08. The van der Waals surface area contributed by atoms with E-state index in [4.69, 9.17) is 21.0 Å². The standard InChI is InChI=1S/C6H8O3P2S2/c7-10(12)9-11(8,13)6-4-2-1-3-5-6/h1-5,10H,(H,7,12)(H,8,13). The molecule has 2 atom stereocenters. The second-order valence-corrected chi connectivity index (χ2v) is 7.57. The van der Waals surface area contributed by atoms with Crippen LogP contribution in [0.3, 0.4) is 0 Å². The molecule has 3 nitrogen and oxygen atoms in total. The number of hydrogen-bond donors (Lipinski definition) is 2. The predicted octanol–water partition coefficient (Wildman–Crippen LogP) is 1.13. The predicted molar refractivity (Wildman–Crippen MR) is 61.6 cm³/mol. The van der Waals surface area contributed by atoms with Crippen molar-refractivity contribution in [2.24, 2.45) is 0 Å². The molecule has 0 saturated heterocycles. The second-order valence-electron chi connectivity index (χ2n) is 2.21. The summed E-state index contributed by atoms with van der Waals surface area (Å²) >= 11 is 9.29. The van der Waals surface area contributed by atoms with Gasteiger partial charge in [-0.15, -0.1) is 0 Å². The molecule has 0 heterocycles. The van der Waals surface area contributed by atoms with E-state index in [1.807, 2.05) is 0 Å². The zero-order valence-electron chi connectivity index (χ0n) is 6.45. The molecule has 0 aliphatic heterocycles. The molecule has 0 saturated carbocycles. The maximum absolute atomic E-state index is 9.66. The first-order chi connectivity index (χ1) is 6.02. The van der Waals surface area contributed by atoms with E-state index in [2.05, 4.69) is 11.8 Å². The Morgan fingerprint density at radius 1 is 1.31 bits per heavy atom. The van der Waals surface area contributed by atoms with Crippen LogP contribution in [0.15, 0.2) is 30.3 Å². The van der Waals surface area contributed by atoms with Crippen LogP contribution in [0, 0.1) is 0 Å². The lowest BCUT2D eigenvalue weighted by atomic mass is 10.4. The lowest BCUT2D eigenvalue weighted by molar-refractivity contribution is 0.480. The summed E-state index contributed by atoms with van der Waals surface area (Å²) in [5.74, 6) is 0. The molecular weight excluding hydrogens is 246 g/mol. The van der Waals surface area contributed by atoms with E-state index < -0.39 is 13.6 Å². The molecule has 0 aliphatic carbocycles. The third kappa shape index (κ3) is 3.56. The van der Waals surface area contributed by atoms with Gasteiger partial charge in [0.2, 0.25) is 6.49 Å². The van der Waals surface area contributed by atoms with Gasteiger partial charge < -0.3 is 9.79 Å². The minimum absolute atomic E-state index is 0.506. The van der Waals surface area contributed by atoms with Crippen molar-refractivity contribution in [2.45, 2.75) is 0 Å². The Bertz CT molecular complexity index is 354. The molecule has 0 fully saturated rings. The fourth-order valence-corrected chi connectivity index (χ4v) is 4.99. The van der Waals surface area contributed by atoms with E-state index >= 15 is 0 Å². The first-order valence-corrected chi connectivity index (χ1v) is 8.49. The zero-order chi connectivity index (χ0) is 9.90. The summed E-state index contributed by atoms with van der Waals surface area (Å²) in [6.45, 7) is -3.08. The van der Waals surface area contributed by atoms with Crippen LogP contribution in [-0.2, 0) is 27.9 Å². The summed E-state index contributed by atoms with van der Waals surface area (Å²) in [5.41, 5.74) is 0. The summed E-state index contributed by atoms with van der Waals surface area (Å²) in [6.07, 6.45) is 0. The molecular formula is C6H8O3P2S2. The average molecular weight is 254 g/mol. The molecule has 0 aliphatic rings. The van der Waals surface area contributed by atoms with Gasteiger partial charge in [-0.05, 0) is 35.7 Å². The monoisotopic (exact) mass is 254 g/mol. The highest BCUT2D eigenvalue weighted by atomic mass is 32.5. The molecule has 2 unspecified atom stereocenters. The summed E-state index contributed by atoms with van der Waals surface area (Å²) in [7, 11) is -2.36. The molecule has 2 N–H and O–H groups in total. The second kappa shape index (κ2) is 4.76. The smallest absolute Gasteiger partial charge is 0.222 e. The van der Waals surface area contributed by atoms with E-state index in [1.54, 1.807) is 30.3 Å². The van der Waals surface area contributed by atoms with Gasteiger partial charge in [0.15, 0.2) is 7.15 Å². The molecule has 0 aromatic heterocycles. The Morgan fingerprint density at radius 3 is 2.31 bits per heavy atom. The molecule has 72 valence electrons. The topological polar surface area (TPSA) is 49.7 Å². The van der Waals surface area contributed by atoms with Crippen molar-refractivity contribution in [2.75, 3.05) is 0 Å². The Hall–Kier alpha value is 0.400. The van der Waals surface area contributed by atoms with Crippen molar-refractivity contribution < 1.29 is 14.1 Å². The molecule has 0 bridgehead atoms. The fraction of sp³-hybridized carbons (Fsp3) is 0. The van der Waals surface area contributed by atoms with E-state index in [0.29, 0.717) is 5.30 Å². The van der Waals surface area contributed by atoms with Gasteiger partial charge in [0, 0.05) is 5.30 Å². The molecule has 1 aromatic carbocycles. The van der Waals surface area contributed by atoms with E-state index in [0.717, 1.165) is 0 Å². The van der Waals surface area contributed by atoms with Gasteiger partial charge in [-0.2, -0.15) is 0 Å². The zero-order valence-corrected chi connectivity index (χ0v) is 9.98. The highest BCUT2D eigenvalue weighted by Crippen LogP contribution is 2.48. The van der Waals surface area contributed by atoms with Crippen LogP contribution in [0.1, 0.15) is 0 Å². The molecule has 0 radical (unpaired) electrons. The van der Waals surface area contributed by atoms with Crippen molar-refractivity contribution in [3.8, 4) is 0 Å². The van der Waals surface area contributed by atoms with Gasteiger partial charge in [0.25, 0.3) is 0 Å². The van der Waals surface area contributed by atoms with Crippen LogP contribution in [0.5, 0.6) is 0 Å². The lowest BCUT2D eigenvalue weighted by Gasteiger charge is -2.14. The van der Waals surface area contributed by atoms with Crippen LogP contribution in [0.4, 0.5) is 0 Å². The fourth-order valence-electron chi connectivity index (χ4n) is 0.775. The van der Waals surface area contributed by atoms with Crippen LogP contribution >= 0.6 is 13.6 Å². The van der Waals surface area contributed by atoms with Crippen molar-refractivity contribution >= 4 is 42.6 Å². The molecule has 7 heteroatoms. The first kappa shape index (κ1) is 11.5. The number of rotatable bonds is 3. The van der Waals surface area contributed by atoms with E-state index in [1.165, 1.54) is 0 Å². The van der Waals surface area contributed by atoms with Crippen molar-refractivity contribution in [1.82, 2.24) is 0 Å². The van der Waals surface area contributed by atoms with E-state index in [9.17, 15) is 4.89 Å². The maximum atomic E-state index is 9.66. The quantitative estimate of drug-likeness (QED) is 0.792. The van der Waals surface area contributed by atoms with Gasteiger partial charge in [-0.25, -0.2) is 0 Å². The molecule has 0 spiro atoms. The van der Waals surface area contributed by atoms with Crippen LogP contribution < -0.4 is 5.30 Å². The third-order valence-electron chi connectivity index (χ3n) is 1.28. The highest BCUT2D eigenvalue weighted by molar-refractivity contribution is 8.16. The molecule has 0 amide bonds. The van der Waals surface area contributed by atoms with Crippen molar-refractivity contribution in [3.63, 3.8) is 0 Å². The minimum Gasteiger partial charge on any atom is -0.347 e. The maximum Gasteiger partial charge on any atom is 0.222 e. The van der Waals surface area contributed by atoms with Gasteiger partial charge in [0.1, 0.15) is 0 Å². The molecule has 1 aromatic rings.